The van der Waals surface area contributed by atoms with Crippen molar-refractivity contribution in [2.75, 3.05) is 26.2 Å². The molecule has 0 aromatic heterocycles. The van der Waals surface area contributed by atoms with Gasteiger partial charge in [-0.2, -0.15) is 13.2 Å². The number of nitrogens with zero attached hydrogens (tertiary/aromatic N) is 1. The Morgan fingerprint density at radius 3 is 2.02 bits per heavy atom. The minimum atomic E-state index is -5.08. The molecule has 4 aromatic carbocycles. The van der Waals surface area contributed by atoms with Gasteiger partial charge < -0.3 is 25.8 Å². The average Bonchev–Trinajstić information content (AvgIpc) is 3.09. The van der Waals surface area contributed by atoms with Gasteiger partial charge in [0.15, 0.2) is 0 Å². The van der Waals surface area contributed by atoms with Crippen molar-refractivity contribution in [3.8, 4) is 11.1 Å². The van der Waals surface area contributed by atoms with E-state index in [1.165, 1.54) is 12.1 Å². The molecule has 50 heavy (non-hydrogen) atoms. The number of aliphatic carboxylic acids is 1. The lowest BCUT2D eigenvalue weighted by Gasteiger charge is -2.23. The van der Waals surface area contributed by atoms with Crippen LogP contribution >= 0.6 is 0 Å². The number of halogens is 3. The van der Waals surface area contributed by atoms with Crippen molar-refractivity contribution in [1.29, 1.82) is 0 Å². The van der Waals surface area contributed by atoms with Crippen LogP contribution in [0.1, 0.15) is 27.0 Å². The van der Waals surface area contributed by atoms with Crippen molar-refractivity contribution in [2.24, 2.45) is 10.9 Å². The van der Waals surface area contributed by atoms with E-state index >= 15 is 0 Å². The molecule has 266 valence electrons. The van der Waals surface area contributed by atoms with Gasteiger partial charge >= 0.3 is 12.1 Å². The van der Waals surface area contributed by atoms with Crippen LogP contribution in [-0.4, -0.2) is 68.6 Å². The van der Waals surface area contributed by atoms with Crippen LogP contribution < -0.4 is 16.2 Å². The van der Waals surface area contributed by atoms with Crippen molar-refractivity contribution < 1.29 is 45.8 Å². The van der Waals surface area contributed by atoms with E-state index in [9.17, 15) is 31.2 Å². The van der Waals surface area contributed by atoms with Crippen LogP contribution in [0.5, 0.6) is 0 Å². The number of carbonyl (C=O) groups excluding carboxylic acids is 2. The largest absolute Gasteiger partial charge is 0.490 e. The van der Waals surface area contributed by atoms with Crippen LogP contribution in [0.2, 0.25) is 0 Å². The fourth-order valence-corrected chi connectivity index (χ4v) is 5.04. The number of hydrogen-bond acceptors (Lipinski definition) is 7. The van der Waals surface area contributed by atoms with E-state index in [0.717, 1.165) is 27.8 Å². The number of rotatable bonds is 14. The van der Waals surface area contributed by atoms with Crippen molar-refractivity contribution in [3.05, 3.63) is 125 Å². The summed E-state index contributed by atoms with van der Waals surface area (Å²) in [5, 5.41) is 15.1. The Morgan fingerprint density at radius 1 is 0.820 bits per heavy atom. The second-order valence-electron chi connectivity index (χ2n) is 10.9. The number of ether oxygens (including phenoxy) is 1. The first kappa shape index (κ1) is 39.3. The summed E-state index contributed by atoms with van der Waals surface area (Å²) >= 11 is 0. The number of carboxylic acids is 1. The van der Waals surface area contributed by atoms with Crippen LogP contribution in [0.25, 0.3) is 11.1 Å². The lowest BCUT2D eigenvalue weighted by molar-refractivity contribution is -0.192. The van der Waals surface area contributed by atoms with Crippen molar-refractivity contribution in [2.45, 2.75) is 30.6 Å². The normalized spacial score (nSPS) is 11.2. The smallest absolute Gasteiger partial charge is 0.475 e. The molecule has 0 aliphatic heterocycles. The molecule has 2 amide bonds. The van der Waals surface area contributed by atoms with Gasteiger partial charge in [0.25, 0.3) is 5.91 Å². The van der Waals surface area contributed by atoms with E-state index in [-0.39, 0.29) is 23.3 Å². The number of nitrogens with one attached hydrogen (secondary N) is 1. The van der Waals surface area contributed by atoms with Gasteiger partial charge in [-0.05, 0) is 64.6 Å². The number of amides is 2. The third kappa shape index (κ3) is 13.1. The van der Waals surface area contributed by atoms with E-state index in [0.29, 0.717) is 44.8 Å². The minimum Gasteiger partial charge on any atom is -0.475 e. The zero-order valence-corrected chi connectivity index (χ0v) is 27.6. The summed E-state index contributed by atoms with van der Waals surface area (Å²) in [5.74, 6) is -3.11. The highest BCUT2D eigenvalue weighted by atomic mass is 32.2. The zero-order valence-electron chi connectivity index (χ0n) is 26.8. The molecule has 0 fully saturated rings. The van der Waals surface area contributed by atoms with Gasteiger partial charge in [0.1, 0.15) is 6.61 Å². The summed E-state index contributed by atoms with van der Waals surface area (Å²) < 4.78 is 60.7. The molecule has 0 saturated heterocycles. The van der Waals surface area contributed by atoms with Gasteiger partial charge in [0.2, 0.25) is 15.9 Å². The molecule has 6 N–H and O–H groups in total. The molecule has 0 aliphatic rings. The predicted octanol–water partition coefficient (Wildman–Crippen LogP) is 4.11. The summed E-state index contributed by atoms with van der Waals surface area (Å²) in [6.45, 7) is 1.73. The number of hydrogen-bond donors (Lipinski definition) is 4. The Labute approximate surface area is 287 Å². The quantitative estimate of drug-likeness (QED) is 0.151. The summed E-state index contributed by atoms with van der Waals surface area (Å²) in [5.41, 5.74) is 10.6. The maximum absolute atomic E-state index is 13.4. The standard InChI is InChI=1S/C33H36N4O5S.C2HF3O2/c34-17-18-36-33(39)30-11-5-10-29(21-30)28-9-4-8-27(20-28)22-37(32(38)24-42-23-26-6-2-1-3-7-26)19-16-25-12-14-31(15-13-25)43(35,40)41;3-2(4,5)1(6)7/h1-15,20-21H,16-19,22-24,34H2,(H,36,39)(H2,35,40,41);(H,6,7). The first-order chi connectivity index (χ1) is 23.7. The first-order valence-corrected chi connectivity index (χ1v) is 16.7. The van der Waals surface area contributed by atoms with Crippen molar-refractivity contribution >= 4 is 27.8 Å². The predicted molar refractivity (Wildman–Crippen MR) is 180 cm³/mol. The SMILES string of the molecule is NCCNC(=O)c1cccc(-c2cccc(CN(CCc3ccc(S(N)(=O)=O)cc3)C(=O)COCc3ccccc3)c2)c1.O=C(O)C(F)(F)F. The van der Waals surface area contributed by atoms with Crippen LogP contribution in [-0.2, 0) is 43.9 Å². The molecule has 0 bridgehead atoms. The van der Waals surface area contributed by atoms with E-state index < -0.39 is 22.2 Å². The fraction of sp³-hybridized carbons (Fsp3) is 0.229. The first-order valence-electron chi connectivity index (χ1n) is 15.2. The van der Waals surface area contributed by atoms with Gasteiger partial charge in [0.05, 0.1) is 11.5 Å². The van der Waals surface area contributed by atoms with Gasteiger partial charge in [-0.1, -0.05) is 72.8 Å². The number of alkyl halides is 3. The lowest BCUT2D eigenvalue weighted by atomic mass is 10.0. The number of carboxylic acid groups (broad SMARTS) is 1. The van der Waals surface area contributed by atoms with Crippen LogP contribution in [0, 0.1) is 0 Å². The molecule has 0 saturated carbocycles. The Morgan fingerprint density at radius 2 is 1.42 bits per heavy atom. The van der Waals surface area contributed by atoms with Crippen molar-refractivity contribution in [1.82, 2.24) is 10.2 Å². The average molecular weight is 715 g/mol. The second-order valence-corrected chi connectivity index (χ2v) is 12.4. The van der Waals surface area contributed by atoms with E-state index in [1.807, 2.05) is 72.8 Å². The fourth-order valence-electron chi connectivity index (χ4n) is 4.52. The van der Waals surface area contributed by atoms with E-state index in [4.69, 9.17) is 25.5 Å². The maximum Gasteiger partial charge on any atom is 0.490 e. The highest BCUT2D eigenvalue weighted by Crippen LogP contribution is 2.23. The Bertz CT molecular complexity index is 1840. The topological polar surface area (TPSA) is 182 Å². The summed E-state index contributed by atoms with van der Waals surface area (Å²) in [4.78, 5) is 36.5. The molecular formula is C35H37F3N4O7S. The molecule has 0 unspecified atom stereocenters. The van der Waals surface area contributed by atoms with E-state index in [1.54, 1.807) is 23.1 Å². The lowest BCUT2D eigenvalue weighted by Crippen LogP contribution is -2.35. The molecule has 11 nitrogen and oxygen atoms in total. The number of nitrogens with two attached hydrogens (primary N) is 2. The molecule has 15 heteroatoms. The molecule has 0 atom stereocenters. The molecule has 0 heterocycles. The van der Waals surface area contributed by atoms with Gasteiger partial charge in [0, 0.05) is 31.7 Å². The monoisotopic (exact) mass is 714 g/mol. The summed E-state index contributed by atoms with van der Waals surface area (Å²) in [6, 6.07) is 31.2. The van der Waals surface area contributed by atoms with Gasteiger partial charge in [-0.25, -0.2) is 18.4 Å². The maximum atomic E-state index is 13.4. The molecular weight excluding hydrogens is 677 g/mol. The Hall–Kier alpha value is -5.09. The molecule has 0 radical (unpaired) electrons. The highest BCUT2D eigenvalue weighted by Gasteiger charge is 2.38. The third-order valence-electron chi connectivity index (χ3n) is 7.04. The van der Waals surface area contributed by atoms with Gasteiger partial charge in [-0.15, -0.1) is 0 Å². The third-order valence-corrected chi connectivity index (χ3v) is 7.97. The molecule has 4 rings (SSSR count). The number of sulfonamides is 1. The van der Waals surface area contributed by atoms with Crippen LogP contribution in [0.4, 0.5) is 13.2 Å². The molecule has 0 aliphatic carbocycles. The highest BCUT2D eigenvalue weighted by molar-refractivity contribution is 7.89. The van der Waals surface area contributed by atoms with Crippen LogP contribution in [0.3, 0.4) is 0 Å². The molecule has 4 aromatic rings. The summed E-state index contributed by atoms with van der Waals surface area (Å²) in [7, 11) is -3.79. The van der Waals surface area contributed by atoms with E-state index in [2.05, 4.69) is 5.32 Å². The van der Waals surface area contributed by atoms with Gasteiger partial charge in [-0.3, -0.25) is 9.59 Å². The number of benzene rings is 4. The second kappa shape index (κ2) is 18.6. The Kier molecular flexibility index (Phi) is 14.6. The number of primary sulfonamides is 1. The summed E-state index contributed by atoms with van der Waals surface area (Å²) in [6.07, 6.45) is -4.57. The zero-order chi connectivity index (χ0) is 36.7. The van der Waals surface area contributed by atoms with Crippen molar-refractivity contribution in [3.63, 3.8) is 0 Å². The number of carbonyl (C=O) groups is 3. The molecule has 0 spiro atoms. The Balaban J connectivity index is 0.000000872. The minimum absolute atomic E-state index is 0.0382. The van der Waals surface area contributed by atoms with Crippen LogP contribution in [0.15, 0.2) is 108 Å².